The molecule has 0 aliphatic rings. The fraction of sp³-hybridized carbons (Fsp3) is 0.0870. The zero-order chi connectivity index (χ0) is 18.8. The van der Waals surface area contributed by atoms with E-state index in [1.54, 1.807) is 19.3 Å². The van der Waals surface area contributed by atoms with Crippen molar-refractivity contribution in [3.63, 3.8) is 0 Å². The molecule has 0 unspecified atom stereocenters. The molecule has 0 amide bonds. The molecule has 0 aliphatic carbocycles. The summed E-state index contributed by atoms with van der Waals surface area (Å²) in [6.45, 7) is 1.99. The summed E-state index contributed by atoms with van der Waals surface area (Å²) in [7, 11) is 1.60. The lowest BCUT2D eigenvalue weighted by molar-refractivity contribution is -0.128. The topological polar surface area (TPSA) is 48.7 Å². The second-order valence-electron chi connectivity index (χ2n) is 6.26. The van der Waals surface area contributed by atoms with Gasteiger partial charge in [0.2, 0.25) is 0 Å². The van der Waals surface area contributed by atoms with Crippen LogP contribution in [0.1, 0.15) is 11.1 Å². The van der Waals surface area contributed by atoms with E-state index in [1.807, 2.05) is 61.5 Å². The molecule has 4 rings (SSSR count). The molecule has 0 saturated heterocycles. The lowest BCUT2D eigenvalue weighted by atomic mass is 10.1. The number of para-hydroxylation sites is 1. The Kier molecular flexibility index (Phi) is 4.38. The lowest BCUT2D eigenvalue weighted by Gasteiger charge is -2.05. The fourth-order valence-corrected chi connectivity index (χ4v) is 3.06. The van der Waals surface area contributed by atoms with Crippen molar-refractivity contribution in [2.75, 3.05) is 7.11 Å². The van der Waals surface area contributed by atoms with E-state index in [0.717, 1.165) is 33.1 Å². The van der Waals surface area contributed by atoms with Gasteiger partial charge in [-0.3, -0.25) is 0 Å². The van der Waals surface area contributed by atoms with Gasteiger partial charge in [-0.05, 0) is 49.4 Å². The number of ether oxygens (including phenoxy) is 2. The highest BCUT2D eigenvalue weighted by Crippen LogP contribution is 2.31. The molecule has 4 nitrogen and oxygen atoms in total. The van der Waals surface area contributed by atoms with Crippen LogP contribution in [0, 0.1) is 6.92 Å². The second kappa shape index (κ2) is 7.00. The molecule has 27 heavy (non-hydrogen) atoms. The van der Waals surface area contributed by atoms with Gasteiger partial charge in [0.05, 0.1) is 7.11 Å². The largest absolute Gasteiger partial charge is 0.496 e. The van der Waals surface area contributed by atoms with Gasteiger partial charge in [-0.15, -0.1) is 0 Å². The minimum atomic E-state index is -0.453. The average Bonchev–Trinajstić information content (AvgIpc) is 3.04. The molecular weight excluding hydrogens is 340 g/mol. The smallest absolute Gasteiger partial charge is 0.336 e. The lowest BCUT2D eigenvalue weighted by Crippen LogP contribution is -2.03. The second-order valence-corrected chi connectivity index (χ2v) is 6.26. The van der Waals surface area contributed by atoms with Crippen molar-refractivity contribution in [3.8, 4) is 11.5 Å². The highest BCUT2D eigenvalue weighted by atomic mass is 16.5. The third kappa shape index (κ3) is 3.42. The van der Waals surface area contributed by atoms with Crippen molar-refractivity contribution < 1.29 is 18.7 Å². The summed E-state index contributed by atoms with van der Waals surface area (Å²) in [4.78, 5) is 12.2. The van der Waals surface area contributed by atoms with Crippen molar-refractivity contribution in [3.05, 3.63) is 77.9 Å². The van der Waals surface area contributed by atoms with Gasteiger partial charge in [0, 0.05) is 22.4 Å². The quantitative estimate of drug-likeness (QED) is 0.274. The summed E-state index contributed by atoms with van der Waals surface area (Å²) >= 11 is 0. The standard InChI is InChI=1S/C23H18O4/c1-15-7-10-20(25-2)16(13-15)8-12-23(24)26-17-9-11-22-19(14-17)18-5-3-4-6-21(18)27-22/h3-14H,1-2H3/b12-8+. The van der Waals surface area contributed by atoms with E-state index in [0.29, 0.717) is 11.5 Å². The number of hydrogen-bond donors (Lipinski definition) is 0. The molecule has 3 aromatic carbocycles. The molecule has 134 valence electrons. The van der Waals surface area contributed by atoms with Gasteiger partial charge in [0.1, 0.15) is 22.7 Å². The van der Waals surface area contributed by atoms with Gasteiger partial charge in [0.15, 0.2) is 0 Å². The summed E-state index contributed by atoms with van der Waals surface area (Å²) in [6, 6.07) is 18.9. The van der Waals surface area contributed by atoms with Crippen molar-refractivity contribution in [2.24, 2.45) is 0 Å². The number of methoxy groups -OCH3 is 1. The number of aryl methyl sites for hydroxylation is 1. The first-order valence-corrected chi connectivity index (χ1v) is 8.60. The molecule has 1 heterocycles. The summed E-state index contributed by atoms with van der Waals surface area (Å²) in [6.07, 6.45) is 3.09. The molecule has 0 atom stereocenters. The predicted molar refractivity (Wildman–Crippen MR) is 106 cm³/mol. The fourth-order valence-electron chi connectivity index (χ4n) is 3.06. The van der Waals surface area contributed by atoms with Gasteiger partial charge in [-0.1, -0.05) is 29.8 Å². The van der Waals surface area contributed by atoms with E-state index in [2.05, 4.69) is 0 Å². The molecule has 0 aliphatic heterocycles. The maximum absolute atomic E-state index is 12.2. The number of carbonyl (C=O) groups is 1. The zero-order valence-electron chi connectivity index (χ0n) is 15.1. The van der Waals surface area contributed by atoms with Crippen LogP contribution in [0.15, 0.2) is 71.2 Å². The number of furan rings is 1. The normalized spacial score (nSPS) is 11.3. The van der Waals surface area contributed by atoms with E-state index >= 15 is 0 Å². The monoisotopic (exact) mass is 358 g/mol. The van der Waals surface area contributed by atoms with E-state index in [4.69, 9.17) is 13.9 Å². The highest BCUT2D eigenvalue weighted by Gasteiger charge is 2.09. The van der Waals surface area contributed by atoms with Gasteiger partial charge >= 0.3 is 5.97 Å². The first-order valence-electron chi connectivity index (χ1n) is 8.60. The van der Waals surface area contributed by atoms with E-state index in [-0.39, 0.29) is 0 Å². The first kappa shape index (κ1) is 16.9. The SMILES string of the molecule is COc1ccc(C)cc1/C=C/C(=O)Oc1ccc2oc3ccccc3c2c1. The Morgan fingerprint density at radius 1 is 0.963 bits per heavy atom. The number of benzene rings is 3. The summed E-state index contributed by atoms with van der Waals surface area (Å²) in [5.74, 6) is 0.724. The molecule has 0 spiro atoms. The molecule has 4 aromatic rings. The average molecular weight is 358 g/mol. The van der Waals surface area contributed by atoms with Gasteiger partial charge in [-0.25, -0.2) is 4.79 Å². The molecule has 0 N–H and O–H groups in total. The van der Waals surface area contributed by atoms with Crippen molar-refractivity contribution in [1.82, 2.24) is 0 Å². The maximum Gasteiger partial charge on any atom is 0.336 e. The molecule has 0 radical (unpaired) electrons. The Bertz CT molecular complexity index is 1170. The summed E-state index contributed by atoms with van der Waals surface area (Å²) < 4.78 is 16.6. The van der Waals surface area contributed by atoms with Gasteiger partial charge < -0.3 is 13.9 Å². The predicted octanol–water partition coefficient (Wildman–Crippen LogP) is 5.52. The Morgan fingerprint density at radius 2 is 1.78 bits per heavy atom. The van der Waals surface area contributed by atoms with Crippen molar-refractivity contribution in [1.29, 1.82) is 0 Å². The highest BCUT2D eigenvalue weighted by molar-refractivity contribution is 6.05. The van der Waals surface area contributed by atoms with Crippen LogP contribution in [0.3, 0.4) is 0 Å². The summed E-state index contributed by atoms with van der Waals surface area (Å²) in [5, 5.41) is 1.91. The third-order valence-electron chi connectivity index (χ3n) is 4.35. The number of rotatable bonds is 4. The van der Waals surface area contributed by atoms with Crippen molar-refractivity contribution >= 4 is 34.0 Å². The maximum atomic E-state index is 12.2. The molecule has 0 fully saturated rings. The van der Waals surface area contributed by atoms with E-state index in [1.165, 1.54) is 6.08 Å². The van der Waals surface area contributed by atoms with Gasteiger partial charge in [-0.2, -0.15) is 0 Å². The molecular formula is C23H18O4. The Labute approximate surface area is 156 Å². The van der Waals surface area contributed by atoms with Crippen LogP contribution in [0.4, 0.5) is 0 Å². The van der Waals surface area contributed by atoms with Crippen LogP contribution in [-0.4, -0.2) is 13.1 Å². The van der Waals surface area contributed by atoms with Crippen LogP contribution in [0.5, 0.6) is 11.5 Å². The minimum Gasteiger partial charge on any atom is -0.496 e. The van der Waals surface area contributed by atoms with Crippen LogP contribution in [0.25, 0.3) is 28.0 Å². The van der Waals surface area contributed by atoms with Crippen LogP contribution >= 0.6 is 0 Å². The Hall–Kier alpha value is -3.53. The number of hydrogen-bond acceptors (Lipinski definition) is 4. The first-order chi connectivity index (χ1) is 13.1. The van der Waals surface area contributed by atoms with Gasteiger partial charge in [0.25, 0.3) is 0 Å². The minimum absolute atomic E-state index is 0.453. The van der Waals surface area contributed by atoms with E-state index < -0.39 is 5.97 Å². The number of carbonyl (C=O) groups excluding carboxylic acids is 1. The third-order valence-corrected chi connectivity index (χ3v) is 4.35. The van der Waals surface area contributed by atoms with E-state index in [9.17, 15) is 4.79 Å². The number of fused-ring (bicyclic) bond motifs is 3. The van der Waals surface area contributed by atoms with Crippen LogP contribution < -0.4 is 9.47 Å². The van der Waals surface area contributed by atoms with Crippen LogP contribution in [0.2, 0.25) is 0 Å². The Balaban J connectivity index is 1.58. The molecule has 0 saturated carbocycles. The molecule has 0 bridgehead atoms. The Morgan fingerprint density at radius 3 is 2.63 bits per heavy atom. The number of esters is 1. The molecule has 4 heteroatoms. The zero-order valence-corrected chi connectivity index (χ0v) is 15.1. The molecule has 1 aromatic heterocycles. The van der Waals surface area contributed by atoms with Crippen molar-refractivity contribution in [2.45, 2.75) is 6.92 Å². The summed E-state index contributed by atoms with van der Waals surface area (Å²) in [5.41, 5.74) is 3.48. The van der Waals surface area contributed by atoms with Crippen LogP contribution in [-0.2, 0) is 4.79 Å².